The highest BCUT2D eigenvalue weighted by atomic mass is 32.2. The van der Waals surface area contributed by atoms with E-state index in [0.29, 0.717) is 12.6 Å². The van der Waals surface area contributed by atoms with Gasteiger partial charge < -0.3 is 10.6 Å². The summed E-state index contributed by atoms with van der Waals surface area (Å²) in [7, 11) is -3.62. The molecule has 6 nitrogen and oxygen atoms in total. The van der Waals surface area contributed by atoms with Crippen molar-refractivity contribution in [1.29, 1.82) is 0 Å². The van der Waals surface area contributed by atoms with Gasteiger partial charge in [0.25, 0.3) is 0 Å². The lowest BCUT2D eigenvalue weighted by Gasteiger charge is -2.17. The summed E-state index contributed by atoms with van der Waals surface area (Å²) in [5, 5.41) is 11.7. The van der Waals surface area contributed by atoms with E-state index in [1.54, 1.807) is 6.07 Å². The lowest BCUT2D eigenvalue weighted by atomic mass is 10.1. The van der Waals surface area contributed by atoms with Gasteiger partial charge in [0.05, 0.1) is 6.54 Å². The Hall–Kier alpha value is -1.12. The average Bonchev–Trinajstić information content (AvgIpc) is 2.94. The number of hydrogen-bond acceptors (Lipinski definition) is 4. The zero-order valence-electron chi connectivity index (χ0n) is 14.1. The number of sulfonamides is 1. The van der Waals surface area contributed by atoms with Crippen LogP contribution < -0.4 is 15.8 Å². The number of guanidine groups is 1. The molecule has 1 aromatic heterocycles. The third-order valence-corrected chi connectivity index (χ3v) is 5.79. The van der Waals surface area contributed by atoms with E-state index in [2.05, 4.69) is 29.5 Å². The lowest BCUT2D eigenvalue weighted by molar-refractivity contribution is 0.547. The molecule has 0 fully saturated rings. The summed E-state index contributed by atoms with van der Waals surface area (Å²) in [6, 6.07) is 3.63. The van der Waals surface area contributed by atoms with Crippen molar-refractivity contribution in [3.63, 3.8) is 0 Å². The minimum Gasteiger partial charge on any atom is -0.357 e. The molecule has 0 saturated carbocycles. The molecule has 23 heavy (non-hydrogen) atoms. The Bertz CT molecular complexity index is 596. The summed E-state index contributed by atoms with van der Waals surface area (Å²) in [5.41, 5.74) is 0. The van der Waals surface area contributed by atoms with E-state index >= 15 is 0 Å². The van der Waals surface area contributed by atoms with Gasteiger partial charge in [-0.1, -0.05) is 26.2 Å². The molecule has 0 radical (unpaired) electrons. The molecular weight excluding hydrogens is 332 g/mol. The summed E-state index contributed by atoms with van der Waals surface area (Å²) >= 11 is 1.16. The smallest absolute Gasteiger partial charge is 0.247 e. The normalized spacial score (nSPS) is 13.8. The van der Waals surface area contributed by atoms with Crippen LogP contribution in [0.5, 0.6) is 0 Å². The number of nitrogens with one attached hydrogen (secondary N) is 2. The van der Waals surface area contributed by atoms with Gasteiger partial charge >= 0.3 is 0 Å². The van der Waals surface area contributed by atoms with Gasteiger partial charge in [-0.2, -0.15) is 0 Å². The van der Waals surface area contributed by atoms with Crippen molar-refractivity contribution in [1.82, 2.24) is 10.6 Å². The molecule has 132 valence electrons. The number of rotatable bonds is 9. The van der Waals surface area contributed by atoms with Gasteiger partial charge in [-0.05, 0) is 32.4 Å². The third kappa shape index (κ3) is 7.81. The molecule has 0 saturated heterocycles. The van der Waals surface area contributed by atoms with Gasteiger partial charge in [-0.3, -0.25) is 0 Å². The van der Waals surface area contributed by atoms with Crippen LogP contribution in [0.3, 0.4) is 0 Å². The van der Waals surface area contributed by atoms with E-state index in [-0.39, 0.29) is 4.21 Å². The van der Waals surface area contributed by atoms with E-state index in [9.17, 15) is 8.42 Å². The first kappa shape index (κ1) is 19.9. The van der Waals surface area contributed by atoms with Crippen LogP contribution in [0.1, 0.15) is 51.3 Å². The van der Waals surface area contributed by atoms with E-state index in [1.165, 1.54) is 25.3 Å². The zero-order valence-corrected chi connectivity index (χ0v) is 15.8. The molecule has 0 aliphatic heterocycles. The van der Waals surface area contributed by atoms with Crippen molar-refractivity contribution in [3.05, 3.63) is 17.0 Å². The van der Waals surface area contributed by atoms with Crippen molar-refractivity contribution < 1.29 is 8.42 Å². The van der Waals surface area contributed by atoms with Gasteiger partial charge in [0.1, 0.15) is 4.21 Å². The fraction of sp³-hybridized carbons (Fsp3) is 0.667. The Balaban J connectivity index is 2.62. The first-order chi connectivity index (χ1) is 10.9. The molecule has 1 heterocycles. The SMILES string of the molecule is CCCCCC(C)NC(=NCc1ccc(S(N)(=O)=O)s1)NCC. The number of nitrogens with zero attached hydrogens (tertiary/aromatic N) is 1. The fourth-order valence-electron chi connectivity index (χ4n) is 2.08. The maximum atomic E-state index is 11.3. The van der Waals surface area contributed by atoms with Crippen molar-refractivity contribution in [3.8, 4) is 0 Å². The van der Waals surface area contributed by atoms with Crippen molar-refractivity contribution in [2.45, 2.75) is 63.3 Å². The van der Waals surface area contributed by atoms with Crippen LogP contribution in [0.25, 0.3) is 0 Å². The maximum Gasteiger partial charge on any atom is 0.247 e. The molecule has 1 unspecified atom stereocenters. The van der Waals surface area contributed by atoms with Crippen molar-refractivity contribution in [2.75, 3.05) is 6.54 Å². The summed E-state index contributed by atoms with van der Waals surface area (Å²) in [5.74, 6) is 0.752. The quantitative estimate of drug-likeness (QED) is 0.358. The van der Waals surface area contributed by atoms with Gasteiger partial charge in [0.2, 0.25) is 10.0 Å². The highest BCUT2D eigenvalue weighted by molar-refractivity contribution is 7.91. The highest BCUT2D eigenvalue weighted by Gasteiger charge is 2.11. The van der Waals surface area contributed by atoms with Crippen molar-refractivity contribution in [2.24, 2.45) is 10.1 Å². The van der Waals surface area contributed by atoms with E-state index in [1.807, 2.05) is 6.92 Å². The van der Waals surface area contributed by atoms with Gasteiger partial charge in [-0.15, -0.1) is 11.3 Å². The molecule has 1 rings (SSSR count). The molecule has 0 amide bonds. The van der Waals surface area contributed by atoms with Crippen LogP contribution in [-0.2, 0) is 16.6 Å². The van der Waals surface area contributed by atoms with E-state index in [4.69, 9.17) is 5.14 Å². The van der Waals surface area contributed by atoms with Gasteiger partial charge in [0, 0.05) is 17.5 Å². The van der Waals surface area contributed by atoms with E-state index in [0.717, 1.165) is 35.1 Å². The Morgan fingerprint density at radius 1 is 1.35 bits per heavy atom. The molecule has 1 aromatic rings. The van der Waals surface area contributed by atoms with Crippen LogP contribution in [0, 0.1) is 0 Å². The molecule has 1 atom stereocenters. The van der Waals surface area contributed by atoms with Crippen LogP contribution in [0.15, 0.2) is 21.3 Å². The molecule has 0 bridgehead atoms. The number of hydrogen-bond donors (Lipinski definition) is 3. The van der Waals surface area contributed by atoms with Crippen LogP contribution in [0.4, 0.5) is 0 Å². The Morgan fingerprint density at radius 3 is 2.65 bits per heavy atom. The monoisotopic (exact) mass is 360 g/mol. The fourth-order valence-corrected chi connectivity index (χ4v) is 3.78. The Labute approximate surface area is 143 Å². The molecule has 0 spiro atoms. The standard InChI is InChI=1S/C15H28N4O2S2/c1-4-6-7-8-12(3)19-15(17-5-2)18-11-13-9-10-14(22-13)23(16,20)21/h9-10,12H,4-8,11H2,1-3H3,(H2,16,20,21)(H2,17,18,19). The third-order valence-electron chi connectivity index (χ3n) is 3.28. The van der Waals surface area contributed by atoms with Crippen molar-refractivity contribution >= 4 is 27.3 Å². The summed E-state index contributed by atoms with van der Waals surface area (Å²) in [6.07, 6.45) is 4.76. The summed E-state index contributed by atoms with van der Waals surface area (Å²) < 4.78 is 22.7. The first-order valence-corrected chi connectivity index (χ1v) is 10.4. The summed E-state index contributed by atoms with van der Waals surface area (Å²) in [4.78, 5) is 5.38. The maximum absolute atomic E-state index is 11.3. The van der Waals surface area contributed by atoms with Crippen LogP contribution >= 0.6 is 11.3 Å². The number of aliphatic imine (C=N–C) groups is 1. The molecule has 0 aliphatic carbocycles. The predicted octanol–water partition coefficient (Wildman–Crippen LogP) is 2.42. The Kier molecular flexibility index (Phi) is 8.57. The molecular formula is C15H28N4O2S2. The second-order valence-electron chi connectivity index (χ2n) is 5.50. The number of primary sulfonamides is 1. The summed E-state index contributed by atoms with van der Waals surface area (Å²) in [6.45, 7) is 7.56. The topological polar surface area (TPSA) is 96.6 Å². The lowest BCUT2D eigenvalue weighted by Crippen LogP contribution is -2.42. The molecule has 0 aliphatic rings. The number of thiophene rings is 1. The largest absolute Gasteiger partial charge is 0.357 e. The zero-order chi connectivity index (χ0) is 17.3. The molecule has 4 N–H and O–H groups in total. The van der Waals surface area contributed by atoms with Gasteiger partial charge in [0.15, 0.2) is 5.96 Å². The second kappa shape index (κ2) is 9.89. The minimum atomic E-state index is -3.62. The number of nitrogens with two attached hydrogens (primary N) is 1. The Morgan fingerprint density at radius 2 is 2.09 bits per heavy atom. The van der Waals surface area contributed by atoms with Crippen LogP contribution in [-0.4, -0.2) is 27.0 Å². The van der Waals surface area contributed by atoms with E-state index < -0.39 is 10.0 Å². The first-order valence-electron chi connectivity index (χ1n) is 8.03. The number of unbranched alkanes of at least 4 members (excludes halogenated alkanes) is 2. The molecule has 0 aromatic carbocycles. The molecule has 8 heteroatoms. The van der Waals surface area contributed by atoms with Crippen LogP contribution in [0.2, 0.25) is 0 Å². The second-order valence-corrected chi connectivity index (χ2v) is 8.46. The van der Waals surface area contributed by atoms with Gasteiger partial charge in [-0.25, -0.2) is 18.5 Å². The minimum absolute atomic E-state index is 0.175. The average molecular weight is 361 g/mol. The predicted molar refractivity (Wildman–Crippen MR) is 97.2 cm³/mol. The highest BCUT2D eigenvalue weighted by Crippen LogP contribution is 2.20.